The maximum atomic E-state index is 3.48. The van der Waals surface area contributed by atoms with Crippen molar-refractivity contribution in [2.75, 3.05) is 0 Å². The van der Waals surface area contributed by atoms with Crippen molar-refractivity contribution in [2.45, 2.75) is 60.8 Å². The van der Waals surface area contributed by atoms with E-state index in [-0.39, 0.29) is 0 Å². The number of aromatic amines is 1. The first-order chi connectivity index (χ1) is 9.95. The van der Waals surface area contributed by atoms with E-state index in [9.17, 15) is 0 Å². The van der Waals surface area contributed by atoms with Gasteiger partial charge in [0.05, 0.1) is 0 Å². The average molecular weight is 273 g/mol. The van der Waals surface area contributed by atoms with E-state index in [0.717, 1.165) is 6.42 Å². The Kier molecular flexibility index (Phi) is 10.5. The van der Waals surface area contributed by atoms with E-state index in [1.165, 1.54) is 35.4 Å². The fraction of sp³-hybridized carbons (Fsp3) is 0.474. The molecule has 2 aliphatic carbocycles. The van der Waals surface area contributed by atoms with Crippen molar-refractivity contribution in [1.29, 1.82) is 0 Å². The summed E-state index contributed by atoms with van der Waals surface area (Å²) in [4.78, 5) is 3.48. The number of hydrogen-bond acceptors (Lipinski definition) is 0. The van der Waals surface area contributed by atoms with Gasteiger partial charge in [0.1, 0.15) is 0 Å². The zero-order chi connectivity index (χ0) is 15.4. The van der Waals surface area contributed by atoms with E-state index >= 15 is 0 Å². The molecule has 0 atom stereocenters. The highest BCUT2D eigenvalue weighted by atomic mass is 14.7. The minimum absolute atomic E-state index is 1.07. The number of H-pyrrole nitrogens is 1. The van der Waals surface area contributed by atoms with Crippen LogP contribution in [-0.2, 0) is 12.8 Å². The van der Waals surface area contributed by atoms with Crippen LogP contribution in [0.5, 0.6) is 0 Å². The van der Waals surface area contributed by atoms with Gasteiger partial charge in [-0.2, -0.15) is 0 Å². The number of fused-ring (bicyclic) bond motifs is 3. The molecule has 0 aliphatic heterocycles. The molecule has 0 unspecified atom stereocenters. The second-order valence-electron chi connectivity index (χ2n) is 3.84. The second-order valence-corrected chi connectivity index (χ2v) is 3.84. The van der Waals surface area contributed by atoms with E-state index < -0.39 is 0 Å². The molecule has 0 fully saturated rings. The Hall–Kier alpha value is -1.50. The standard InChI is InChI=1S/C13H13N.3C2H6/c1-2-6-10-11-7-4-5-9-13(11)14-12(10)8-3-1;3*1-2/h1-3,5,8-9,14H,4,6-7H2;3*1-2H3. The van der Waals surface area contributed by atoms with E-state index in [2.05, 4.69) is 41.4 Å². The van der Waals surface area contributed by atoms with Crippen LogP contribution in [0.4, 0.5) is 0 Å². The smallest absolute Gasteiger partial charge is 0.0423 e. The molecule has 0 bridgehead atoms. The van der Waals surface area contributed by atoms with Gasteiger partial charge in [-0.05, 0) is 42.5 Å². The first-order valence-electron chi connectivity index (χ1n) is 8.18. The molecule has 0 saturated heterocycles. The second kappa shape index (κ2) is 11.3. The van der Waals surface area contributed by atoms with Gasteiger partial charge in [-0.3, -0.25) is 0 Å². The quantitative estimate of drug-likeness (QED) is 0.581. The maximum Gasteiger partial charge on any atom is 0.0423 e. The Morgan fingerprint density at radius 2 is 1.40 bits per heavy atom. The minimum atomic E-state index is 1.07. The molecule has 2 aliphatic rings. The SMILES string of the molecule is C1=CCc2c([nH]c3c2CCC=C3)C=C1.CC.CC.CC. The predicted molar refractivity (Wildman–Crippen MR) is 94.1 cm³/mol. The van der Waals surface area contributed by atoms with E-state index in [0.29, 0.717) is 0 Å². The Morgan fingerprint density at radius 1 is 0.750 bits per heavy atom. The topological polar surface area (TPSA) is 15.8 Å². The first kappa shape index (κ1) is 18.5. The Bertz CT molecular complexity index is 445. The zero-order valence-electron chi connectivity index (χ0n) is 14.1. The van der Waals surface area contributed by atoms with Gasteiger partial charge in [0.25, 0.3) is 0 Å². The molecule has 20 heavy (non-hydrogen) atoms. The van der Waals surface area contributed by atoms with Crippen molar-refractivity contribution in [3.63, 3.8) is 0 Å². The van der Waals surface area contributed by atoms with E-state index in [1.54, 1.807) is 0 Å². The van der Waals surface area contributed by atoms with Crippen LogP contribution in [0.25, 0.3) is 12.2 Å². The summed E-state index contributed by atoms with van der Waals surface area (Å²) in [6.45, 7) is 12.0. The summed E-state index contributed by atoms with van der Waals surface area (Å²) in [6.07, 6.45) is 16.5. The van der Waals surface area contributed by atoms with Gasteiger partial charge in [0.2, 0.25) is 0 Å². The van der Waals surface area contributed by atoms with Crippen molar-refractivity contribution in [3.05, 3.63) is 46.8 Å². The molecule has 3 rings (SSSR count). The van der Waals surface area contributed by atoms with Crippen LogP contribution in [0.3, 0.4) is 0 Å². The summed E-state index contributed by atoms with van der Waals surface area (Å²) in [5, 5.41) is 0. The molecular formula is C19H31N. The summed E-state index contributed by atoms with van der Waals surface area (Å²) < 4.78 is 0. The first-order valence-corrected chi connectivity index (χ1v) is 8.18. The van der Waals surface area contributed by atoms with Crippen molar-refractivity contribution in [2.24, 2.45) is 0 Å². The lowest BCUT2D eigenvalue weighted by Gasteiger charge is -2.06. The molecule has 0 amide bonds. The summed E-state index contributed by atoms with van der Waals surface area (Å²) in [6, 6.07) is 0. The van der Waals surface area contributed by atoms with Gasteiger partial charge < -0.3 is 4.98 Å². The largest absolute Gasteiger partial charge is 0.355 e. The van der Waals surface area contributed by atoms with Gasteiger partial charge >= 0.3 is 0 Å². The minimum Gasteiger partial charge on any atom is -0.355 e. The fourth-order valence-electron chi connectivity index (χ4n) is 2.27. The van der Waals surface area contributed by atoms with E-state index in [4.69, 9.17) is 0 Å². The summed E-state index contributed by atoms with van der Waals surface area (Å²) in [5.74, 6) is 0. The van der Waals surface area contributed by atoms with Crippen molar-refractivity contribution >= 4 is 12.2 Å². The van der Waals surface area contributed by atoms with Crippen LogP contribution in [-0.4, -0.2) is 4.98 Å². The predicted octanol–water partition coefficient (Wildman–Crippen LogP) is 6.18. The molecule has 1 heteroatoms. The van der Waals surface area contributed by atoms with Crippen molar-refractivity contribution in [1.82, 2.24) is 4.98 Å². The molecule has 112 valence electrons. The molecule has 0 saturated carbocycles. The highest BCUT2D eigenvalue weighted by Gasteiger charge is 2.15. The van der Waals surface area contributed by atoms with Crippen LogP contribution >= 0.6 is 0 Å². The van der Waals surface area contributed by atoms with Gasteiger partial charge in [0.15, 0.2) is 0 Å². The van der Waals surface area contributed by atoms with Crippen molar-refractivity contribution < 1.29 is 0 Å². The van der Waals surface area contributed by atoms with Crippen LogP contribution < -0.4 is 0 Å². The third-order valence-corrected chi connectivity index (χ3v) is 2.96. The number of aromatic nitrogens is 1. The normalized spacial score (nSPS) is 13.3. The lowest BCUT2D eigenvalue weighted by atomic mass is 9.98. The maximum absolute atomic E-state index is 3.48. The molecule has 1 N–H and O–H groups in total. The molecule has 1 aromatic rings. The van der Waals surface area contributed by atoms with Gasteiger partial charge in [-0.15, -0.1) is 0 Å². The van der Waals surface area contributed by atoms with Crippen molar-refractivity contribution in [3.8, 4) is 0 Å². The summed E-state index contributed by atoms with van der Waals surface area (Å²) in [7, 11) is 0. The Labute approximate surface area is 125 Å². The zero-order valence-corrected chi connectivity index (χ0v) is 14.1. The molecular weight excluding hydrogens is 242 g/mol. The van der Waals surface area contributed by atoms with Crippen LogP contribution in [0.1, 0.15) is 70.5 Å². The lowest BCUT2D eigenvalue weighted by molar-refractivity contribution is 0.967. The van der Waals surface area contributed by atoms with Gasteiger partial charge in [0, 0.05) is 11.4 Å². The molecule has 0 aromatic carbocycles. The lowest BCUT2D eigenvalue weighted by Crippen LogP contribution is -1.94. The Morgan fingerprint density at radius 3 is 2.10 bits per heavy atom. The third kappa shape index (κ3) is 4.56. The highest BCUT2D eigenvalue weighted by molar-refractivity contribution is 5.65. The molecule has 0 spiro atoms. The van der Waals surface area contributed by atoms with Crippen LogP contribution in [0, 0.1) is 0 Å². The monoisotopic (exact) mass is 273 g/mol. The third-order valence-electron chi connectivity index (χ3n) is 2.96. The molecule has 1 nitrogen and oxygen atoms in total. The molecule has 0 radical (unpaired) electrons. The van der Waals surface area contributed by atoms with E-state index in [1.807, 2.05) is 41.5 Å². The number of allylic oxidation sites excluding steroid dienone is 4. The number of rotatable bonds is 0. The number of nitrogens with one attached hydrogen (secondary N) is 1. The summed E-state index contributed by atoms with van der Waals surface area (Å²) in [5.41, 5.74) is 5.64. The number of hydrogen-bond donors (Lipinski definition) is 1. The summed E-state index contributed by atoms with van der Waals surface area (Å²) >= 11 is 0. The molecule has 1 aromatic heterocycles. The van der Waals surface area contributed by atoms with Crippen LogP contribution in [0.15, 0.2) is 24.3 Å². The average Bonchev–Trinajstić information content (AvgIpc) is 2.74. The fourth-order valence-corrected chi connectivity index (χ4v) is 2.27. The highest BCUT2D eigenvalue weighted by Crippen LogP contribution is 2.28. The van der Waals surface area contributed by atoms with Crippen LogP contribution in [0.2, 0.25) is 0 Å². The Balaban J connectivity index is 0.000000538. The van der Waals surface area contributed by atoms with Gasteiger partial charge in [-0.1, -0.05) is 65.8 Å². The van der Waals surface area contributed by atoms with Gasteiger partial charge in [-0.25, -0.2) is 0 Å². The molecule has 1 heterocycles.